The number of amidine groups is 1. The van der Waals surface area contributed by atoms with Crippen LogP contribution in [-0.4, -0.2) is 58.2 Å². The topological polar surface area (TPSA) is 125 Å². The van der Waals surface area contributed by atoms with Gasteiger partial charge in [0.2, 0.25) is 10.0 Å². The van der Waals surface area contributed by atoms with Crippen molar-refractivity contribution in [2.24, 2.45) is 4.99 Å². The fourth-order valence-electron chi connectivity index (χ4n) is 4.35. The van der Waals surface area contributed by atoms with E-state index in [1.54, 1.807) is 25.1 Å². The maximum Gasteiger partial charge on any atom is 0.573 e. The van der Waals surface area contributed by atoms with Crippen LogP contribution < -0.4 is 10.1 Å². The number of nitrogens with zero attached hydrogens (tertiary/aromatic N) is 2. The monoisotopic (exact) mass is 571 g/mol. The number of nitrogens with one attached hydrogen (secondary N) is 1. The van der Waals surface area contributed by atoms with Crippen molar-refractivity contribution in [3.63, 3.8) is 0 Å². The zero-order valence-corrected chi connectivity index (χ0v) is 21.7. The Bertz CT molecular complexity index is 1430. The van der Waals surface area contributed by atoms with Crippen LogP contribution in [0.15, 0.2) is 52.9 Å². The number of piperidine rings is 1. The highest BCUT2D eigenvalue weighted by atomic mass is 32.2. The molecule has 2 aliphatic heterocycles. The highest BCUT2D eigenvalue weighted by Gasteiger charge is 2.47. The summed E-state index contributed by atoms with van der Waals surface area (Å²) in [7, 11) is -3.82. The van der Waals surface area contributed by atoms with Gasteiger partial charge < -0.3 is 14.6 Å². The summed E-state index contributed by atoms with van der Waals surface area (Å²) >= 11 is -1.98. The molecule has 2 N–H and O–H groups in total. The molecule has 0 aromatic heterocycles. The lowest BCUT2D eigenvalue weighted by Gasteiger charge is -2.34. The van der Waals surface area contributed by atoms with Gasteiger partial charge in [-0.2, -0.15) is 4.31 Å². The molecule has 2 aliphatic rings. The molecule has 0 radical (unpaired) electrons. The largest absolute Gasteiger partial charge is 0.573 e. The minimum atomic E-state index is -4.86. The molecule has 1 saturated heterocycles. The van der Waals surface area contributed by atoms with Crippen LogP contribution in [0.2, 0.25) is 0 Å². The summed E-state index contributed by atoms with van der Waals surface area (Å²) in [6, 6.07) is 10.1. The molecule has 0 saturated carbocycles. The van der Waals surface area contributed by atoms with Crippen molar-refractivity contribution in [2.45, 2.75) is 37.4 Å². The van der Waals surface area contributed by atoms with Gasteiger partial charge in [-0.15, -0.1) is 13.2 Å². The first-order valence-electron chi connectivity index (χ1n) is 11.4. The summed E-state index contributed by atoms with van der Waals surface area (Å²) in [5.74, 6) is -0.818. The van der Waals surface area contributed by atoms with Crippen molar-refractivity contribution < 1.29 is 39.9 Å². The number of rotatable bonds is 7. The summed E-state index contributed by atoms with van der Waals surface area (Å²) in [6.45, 7) is 1.81. The van der Waals surface area contributed by atoms with Gasteiger partial charge in [-0.25, -0.2) is 12.6 Å². The SMILES string of the molecule is Cc1cc(CS(=O)O)ccc1/C=C/S(=O)(=O)N1CCC2(CC1)N=C(c1cccc(OC(F)(F)F)c1)NC2=O. The second-order valence-electron chi connectivity index (χ2n) is 8.93. The first-order valence-corrected chi connectivity index (χ1v) is 14.2. The number of carbonyl (C=O) groups is 1. The number of aliphatic imine (C=N–C) groups is 1. The van der Waals surface area contributed by atoms with E-state index in [4.69, 9.17) is 4.55 Å². The van der Waals surface area contributed by atoms with Gasteiger partial charge in [0, 0.05) is 24.1 Å². The van der Waals surface area contributed by atoms with Crippen LogP contribution in [0.3, 0.4) is 0 Å². The zero-order valence-electron chi connectivity index (χ0n) is 20.1. The predicted molar refractivity (Wildman–Crippen MR) is 135 cm³/mol. The molecular weight excluding hydrogens is 547 g/mol. The molecular formula is C24H24F3N3O6S2. The molecule has 9 nitrogen and oxygen atoms in total. The number of benzene rings is 2. The number of ether oxygens (including phenoxy) is 1. The van der Waals surface area contributed by atoms with Gasteiger partial charge in [-0.3, -0.25) is 9.79 Å². The lowest BCUT2D eigenvalue weighted by atomic mass is 9.89. The van der Waals surface area contributed by atoms with Crippen molar-refractivity contribution in [3.8, 4) is 5.75 Å². The van der Waals surface area contributed by atoms with Crippen LogP contribution >= 0.6 is 0 Å². The fourth-order valence-corrected chi connectivity index (χ4v) is 5.99. The lowest BCUT2D eigenvalue weighted by molar-refractivity contribution is -0.274. The number of hydrogen-bond donors (Lipinski definition) is 2. The van der Waals surface area contributed by atoms with Crippen LogP contribution in [0.1, 0.15) is 35.1 Å². The molecule has 38 heavy (non-hydrogen) atoms. The summed E-state index contributed by atoms with van der Waals surface area (Å²) in [5.41, 5.74) is 1.05. The van der Waals surface area contributed by atoms with Gasteiger partial charge in [0.05, 0.1) is 5.75 Å². The second kappa shape index (κ2) is 10.6. The van der Waals surface area contributed by atoms with E-state index in [9.17, 15) is 30.6 Å². The average Bonchev–Trinajstić information content (AvgIpc) is 3.13. The van der Waals surface area contributed by atoms with Crippen molar-refractivity contribution in [3.05, 3.63) is 70.1 Å². The van der Waals surface area contributed by atoms with Crippen LogP contribution in [0.25, 0.3) is 6.08 Å². The Balaban J connectivity index is 1.45. The average molecular weight is 572 g/mol. The molecule has 14 heteroatoms. The zero-order chi connectivity index (χ0) is 27.7. The first-order chi connectivity index (χ1) is 17.8. The summed E-state index contributed by atoms with van der Waals surface area (Å²) < 4.78 is 88.7. The number of sulfonamides is 1. The first kappa shape index (κ1) is 28.0. The van der Waals surface area contributed by atoms with Crippen molar-refractivity contribution >= 4 is 38.9 Å². The normalized spacial score (nSPS) is 19.0. The van der Waals surface area contributed by atoms with E-state index in [-0.39, 0.29) is 43.1 Å². The number of hydrogen-bond acceptors (Lipinski definition) is 6. The van der Waals surface area contributed by atoms with E-state index in [0.717, 1.165) is 23.1 Å². The third-order valence-corrected chi connectivity index (χ3v) is 8.42. The minimum absolute atomic E-state index is 0.0222. The van der Waals surface area contributed by atoms with E-state index in [0.29, 0.717) is 11.1 Å². The molecule has 204 valence electrons. The number of halogens is 3. The van der Waals surface area contributed by atoms with Gasteiger partial charge in [-0.1, -0.05) is 30.3 Å². The molecule has 1 atom stereocenters. The highest BCUT2D eigenvalue weighted by molar-refractivity contribution is 7.92. The molecule has 1 fully saturated rings. The quantitative estimate of drug-likeness (QED) is 0.492. The Morgan fingerprint density at radius 2 is 1.92 bits per heavy atom. The maximum absolute atomic E-state index is 12.9. The van der Waals surface area contributed by atoms with Gasteiger partial charge in [-0.05, 0) is 54.7 Å². The van der Waals surface area contributed by atoms with E-state index in [2.05, 4.69) is 15.0 Å². The third-order valence-electron chi connectivity index (χ3n) is 6.27. The molecule has 1 unspecified atom stereocenters. The molecule has 0 aliphatic carbocycles. The number of amides is 1. The lowest BCUT2D eigenvalue weighted by Crippen LogP contribution is -2.50. The Kier molecular flexibility index (Phi) is 7.79. The van der Waals surface area contributed by atoms with Gasteiger partial charge in [0.25, 0.3) is 5.91 Å². The Morgan fingerprint density at radius 3 is 2.55 bits per heavy atom. The number of alkyl halides is 3. The standard InChI is InChI=1S/C24H24F3N3O6S2/c1-16-13-17(15-37(32)33)5-6-18(16)7-12-38(34,35)30-10-8-23(9-11-30)22(31)28-21(29-23)19-3-2-4-20(14-19)36-24(25,26)27/h2-7,12-14H,8-11,15H2,1H3,(H,32,33)(H,28,29,31)/b12-7+. The van der Waals surface area contributed by atoms with Crippen LogP contribution in [0.5, 0.6) is 5.75 Å². The van der Waals surface area contributed by atoms with E-state index < -0.39 is 44.7 Å². The van der Waals surface area contributed by atoms with E-state index in [1.807, 2.05) is 0 Å². The summed E-state index contributed by atoms with van der Waals surface area (Å²) in [5, 5.41) is 3.68. The predicted octanol–water partition coefficient (Wildman–Crippen LogP) is 3.33. The maximum atomic E-state index is 12.9. The fraction of sp³-hybridized carbons (Fsp3) is 0.333. The molecule has 0 bridgehead atoms. The van der Waals surface area contributed by atoms with Crippen LogP contribution in [0, 0.1) is 6.92 Å². The van der Waals surface area contributed by atoms with Gasteiger partial charge in [0.1, 0.15) is 17.1 Å². The van der Waals surface area contributed by atoms with Crippen LogP contribution in [0.4, 0.5) is 13.2 Å². The smallest absolute Gasteiger partial charge is 0.406 e. The molecule has 2 aromatic carbocycles. The summed E-state index contributed by atoms with van der Waals surface area (Å²) in [6.07, 6.45) is -3.22. The minimum Gasteiger partial charge on any atom is -0.406 e. The molecule has 1 spiro atoms. The Hall–Kier alpha value is -3.07. The Morgan fingerprint density at radius 1 is 1.21 bits per heavy atom. The van der Waals surface area contributed by atoms with E-state index >= 15 is 0 Å². The van der Waals surface area contributed by atoms with E-state index in [1.165, 1.54) is 22.5 Å². The van der Waals surface area contributed by atoms with Gasteiger partial charge >= 0.3 is 6.36 Å². The highest BCUT2D eigenvalue weighted by Crippen LogP contribution is 2.33. The number of carbonyl (C=O) groups excluding carboxylic acids is 1. The van der Waals surface area contributed by atoms with Crippen LogP contribution in [-0.2, 0) is 31.7 Å². The number of aryl methyl sites for hydroxylation is 1. The van der Waals surface area contributed by atoms with Crippen molar-refractivity contribution in [2.75, 3.05) is 13.1 Å². The third kappa shape index (κ3) is 6.49. The second-order valence-corrected chi connectivity index (χ2v) is 11.7. The van der Waals surface area contributed by atoms with Crippen molar-refractivity contribution in [1.82, 2.24) is 9.62 Å². The molecule has 2 heterocycles. The summed E-state index contributed by atoms with van der Waals surface area (Å²) in [4.78, 5) is 17.3. The van der Waals surface area contributed by atoms with Crippen molar-refractivity contribution in [1.29, 1.82) is 0 Å². The Labute approximate surface area is 219 Å². The molecule has 2 aromatic rings. The molecule has 4 rings (SSSR count). The molecule has 1 amide bonds. The van der Waals surface area contributed by atoms with Gasteiger partial charge in [0.15, 0.2) is 11.1 Å².